The van der Waals surface area contributed by atoms with E-state index in [2.05, 4.69) is 36.6 Å². The number of hydrogen-bond acceptors (Lipinski definition) is 4. The molecule has 3 aliphatic carbocycles. The van der Waals surface area contributed by atoms with Crippen molar-refractivity contribution in [3.05, 3.63) is 0 Å². The highest BCUT2D eigenvalue weighted by Gasteiger charge is 2.60. The number of carbonyl (C=O) groups is 3. The maximum absolute atomic E-state index is 12.6. The first kappa shape index (κ1) is 17.5. The zero-order valence-electron chi connectivity index (χ0n) is 15.9. The summed E-state index contributed by atoms with van der Waals surface area (Å²) in [6.07, 6.45) is 6.38. The number of urea groups is 1. The summed E-state index contributed by atoms with van der Waals surface area (Å²) >= 11 is 0. The Labute approximate surface area is 153 Å². The lowest BCUT2D eigenvalue weighted by Gasteiger charge is -2.34. The van der Waals surface area contributed by atoms with E-state index >= 15 is 0 Å². The SMILES string of the molecule is CC12CCC(CC1=NNC(=O)CN1C(=O)NC3(CCCC3)C1=O)C2(C)C. The van der Waals surface area contributed by atoms with Gasteiger partial charge in [0.25, 0.3) is 11.8 Å². The summed E-state index contributed by atoms with van der Waals surface area (Å²) in [5.41, 5.74) is 3.06. The number of rotatable bonds is 3. The molecule has 4 aliphatic rings. The minimum Gasteiger partial charge on any atom is -0.323 e. The topological polar surface area (TPSA) is 90.9 Å². The summed E-state index contributed by atoms with van der Waals surface area (Å²) in [4.78, 5) is 38.1. The molecule has 0 aromatic carbocycles. The van der Waals surface area contributed by atoms with E-state index < -0.39 is 17.5 Å². The van der Waals surface area contributed by atoms with E-state index in [-0.39, 0.29) is 23.3 Å². The maximum atomic E-state index is 12.6. The fraction of sp³-hybridized carbons (Fsp3) is 0.789. The summed E-state index contributed by atoms with van der Waals surface area (Å²) in [6, 6.07) is -0.465. The van der Waals surface area contributed by atoms with Gasteiger partial charge >= 0.3 is 6.03 Å². The Morgan fingerprint density at radius 3 is 2.50 bits per heavy atom. The minimum absolute atomic E-state index is 0.0136. The van der Waals surface area contributed by atoms with Crippen LogP contribution in [0.25, 0.3) is 0 Å². The molecule has 0 aromatic rings. The first-order chi connectivity index (χ1) is 12.2. The fourth-order valence-corrected chi connectivity index (χ4v) is 5.54. The van der Waals surface area contributed by atoms with Crippen LogP contribution < -0.4 is 10.7 Å². The van der Waals surface area contributed by atoms with Crippen molar-refractivity contribution in [3.63, 3.8) is 0 Å². The highest BCUT2D eigenvalue weighted by atomic mass is 16.2. The van der Waals surface area contributed by atoms with Gasteiger partial charge in [0.05, 0.1) is 0 Å². The fourth-order valence-electron chi connectivity index (χ4n) is 5.54. The van der Waals surface area contributed by atoms with Crippen molar-refractivity contribution in [2.75, 3.05) is 6.54 Å². The molecule has 4 fully saturated rings. The smallest absolute Gasteiger partial charge is 0.323 e. The van der Waals surface area contributed by atoms with Gasteiger partial charge in [0, 0.05) is 11.1 Å². The van der Waals surface area contributed by atoms with Crippen LogP contribution in [-0.2, 0) is 9.59 Å². The molecular weight excluding hydrogens is 332 g/mol. The molecule has 142 valence electrons. The third kappa shape index (κ3) is 2.25. The van der Waals surface area contributed by atoms with Crippen molar-refractivity contribution < 1.29 is 14.4 Å². The van der Waals surface area contributed by atoms with Crippen molar-refractivity contribution >= 4 is 23.6 Å². The lowest BCUT2D eigenvalue weighted by Crippen LogP contribution is -2.45. The van der Waals surface area contributed by atoms with Gasteiger partial charge in [-0.3, -0.25) is 14.5 Å². The lowest BCUT2D eigenvalue weighted by atomic mass is 9.70. The number of nitrogens with zero attached hydrogens (tertiary/aromatic N) is 2. The first-order valence-electron chi connectivity index (χ1n) is 9.70. The molecule has 1 heterocycles. The molecule has 0 aromatic heterocycles. The largest absolute Gasteiger partial charge is 0.325 e. The van der Waals surface area contributed by atoms with Crippen molar-refractivity contribution in [3.8, 4) is 0 Å². The van der Waals surface area contributed by atoms with Crippen molar-refractivity contribution in [1.82, 2.24) is 15.6 Å². The molecule has 1 saturated heterocycles. The number of fused-ring (bicyclic) bond motifs is 2. The van der Waals surface area contributed by atoms with Crippen LogP contribution in [0.5, 0.6) is 0 Å². The van der Waals surface area contributed by atoms with E-state index in [1.54, 1.807) is 0 Å². The van der Waals surface area contributed by atoms with Gasteiger partial charge in [0.2, 0.25) is 0 Å². The van der Waals surface area contributed by atoms with E-state index in [0.717, 1.165) is 36.3 Å². The van der Waals surface area contributed by atoms with Crippen LogP contribution in [0.3, 0.4) is 0 Å². The van der Waals surface area contributed by atoms with Gasteiger partial charge in [-0.1, -0.05) is 33.6 Å². The average molecular weight is 360 g/mol. The summed E-state index contributed by atoms with van der Waals surface area (Å²) in [6.45, 7) is 6.52. The molecule has 0 radical (unpaired) electrons. The molecule has 7 heteroatoms. The minimum atomic E-state index is -0.772. The Kier molecular flexibility index (Phi) is 3.72. The lowest BCUT2D eigenvalue weighted by molar-refractivity contribution is -0.134. The number of imide groups is 1. The van der Waals surface area contributed by atoms with Gasteiger partial charge in [-0.2, -0.15) is 5.10 Å². The third-order valence-electron chi connectivity index (χ3n) is 7.83. The molecule has 3 saturated carbocycles. The van der Waals surface area contributed by atoms with Crippen molar-refractivity contribution in [2.24, 2.45) is 21.8 Å². The Morgan fingerprint density at radius 1 is 1.23 bits per heavy atom. The van der Waals surface area contributed by atoms with Crippen LogP contribution in [0, 0.1) is 16.7 Å². The van der Waals surface area contributed by atoms with Gasteiger partial charge in [0.15, 0.2) is 0 Å². The molecule has 2 N–H and O–H groups in total. The van der Waals surface area contributed by atoms with E-state index in [1.807, 2.05) is 0 Å². The number of hydrazone groups is 1. The van der Waals surface area contributed by atoms with E-state index in [9.17, 15) is 14.4 Å². The van der Waals surface area contributed by atoms with Crippen LogP contribution in [0.1, 0.15) is 65.7 Å². The number of nitrogens with one attached hydrogen (secondary N) is 2. The molecule has 4 amide bonds. The molecule has 2 bridgehead atoms. The Morgan fingerprint density at radius 2 is 1.92 bits per heavy atom. The summed E-state index contributed by atoms with van der Waals surface area (Å²) in [5, 5.41) is 7.19. The van der Waals surface area contributed by atoms with Crippen LogP contribution in [0.2, 0.25) is 0 Å². The van der Waals surface area contributed by atoms with Crippen molar-refractivity contribution in [2.45, 2.75) is 71.3 Å². The number of hydrogen-bond donors (Lipinski definition) is 2. The quantitative estimate of drug-likeness (QED) is 0.597. The van der Waals surface area contributed by atoms with Gasteiger partial charge in [-0.15, -0.1) is 0 Å². The number of carbonyl (C=O) groups excluding carboxylic acids is 3. The van der Waals surface area contributed by atoms with Crippen molar-refractivity contribution in [1.29, 1.82) is 0 Å². The monoisotopic (exact) mass is 360 g/mol. The zero-order chi connectivity index (χ0) is 18.7. The Bertz CT molecular complexity index is 708. The first-order valence-corrected chi connectivity index (χ1v) is 9.70. The van der Waals surface area contributed by atoms with Crippen LogP contribution in [0.15, 0.2) is 5.10 Å². The average Bonchev–Trinajstić information content (AvgIpc) is 3.25. The second-order valence-corrected chi connectivity index (χ2v) is 9.20. The predicted octanol–water partition coefficient (Wildman–Crippen LogP) is 2.17. The summed E-state index contributed by atoms with van der Waals surface area (Å²) in [7, 11) is 0. The van der Waals surface area contributed by atoms with Crippen LogP contribution in [0.4, 0.5) is 4.79 Å². The van der Waals surface area contributed by atoms with E-state index in [4.69, 9.17) is 0 Å². The summed E-state index contributed by atoms with van der Waals surface area (Å²) in [5.74, 6) is -0.0765. The van der Waals surface area contributed by atoms with E-state index in [1.165, 1.54) is 6.42 Å². The summed E-state index contributed by atoms with van der Waals surface area (Å²) < 4.78 is 0. The molecule has 2 unspecified atom stereocenters. The van der Waals surface area contributed by atoms with Gasteiger partial charge in [0.1, 0.15) is 12.1 Å². The Hall–Kier alpha value is -1.92. The molecular formula is C19H28N4O3. The zero-order valence-corrected chi connectivity index (χ0v) is 15.9. The standard InChI is InChI=1S/C19H28N4O3/c1-17(2)12-6-9-18(17,3)13(10-12)21-22-14(24)11-23-15(25)19(20-16(23)26)7-4-5-8-19/h12H,4-11H2,1-3H3,(H,20,26)(H,22,24). The van der Waals surface area contributed by atoms with Gasteiger partial charge < -0.3 is 5.32 Å². The molecule has 26 heavy (non-hydrogen) atoms. The predicted molar refractivity (Wildman–Crippen MR) is 96.3 cm³/mol. The molecule has 2 atom stereocenters. The molecule has 7 nitrogen and oxygen atoms in total. The second kappa shape index (κ2) is 5.54. The van der Waals surface area contributed by atoms with Gasteiger partial charge in [-0.25, -0.2) is 10.2 Å². The number of amides is 4. The molecule has 1 aliphatic heterocycles. The second-order valence-electron chi connectivity index (χ2n) is 9.20. The highest BCUT2D eigenvalue weighted by molar-refractivity contribution is 6.09. The molecule has 1 spiro atoms. The van der Waals surface area contributed by atoms with Gasteiger partial charge in [-0.05, 0) is 43.4 Å². The maximum Gasteiger partial charge on any atom is 0.325 e. The van der Waals surface area contributed by atoms with E-state index in [0.29, 0.717) is 18.8 Å². The third-order valence-corrected chi connectivity index (χ3v) is 7.83. The molecule has 4 rings (SSSR count). The highest BCUT2D eigenvalue weighted by Crippen LogP contribution is 2.63. The Balaban J connectivity index is 1.41. The van der Waals surface area contributed by atoms with Crippen LogP contribution in [-0.4, -0.2) is 40.5 Å². The normalized spacial score (nSPS) is 35.6. The van der Waals surface area contributed by atoms with Crippen LogP contribution >= 0.6 is 0 Å².